The lowest BCUT2D eigenvalue weighted by Gasteiger charge is -2.05. The summed E-state index contributed by atoms with van der Waals surface area (Å²) in [6.07, 6.45) is 1.52. The molecule has 0 aliphatic heterocycles. The summed E-state index contributed by atoms with van der Waals surface area (Å²) in [4.78, 5) is 5.68. The average Bonchev–Trinajstić information content (AvgIpc) is 2.51. The third kappa shape index (κ3) is 1.75. The Labute approximate surface area is 70.8 Å². The highest BCUT2D eigenvalue weighted by molar-refractivity contribution is 5.23. The van der Waals surface area contributed by atoms with Crippen LogP contribution in [-0.2, 0) is 0 Å². The Balaban J connectivity index is 2.77. The van der Waals surface area contributed by atoms with Gasteiger partial charge in [-0.25, -0.2) is 4.98 Å². The molecular weight excluding hydrogens is 158 g/mol. The van der Waals surface area contributed by atoms with E-state index in [0.29, 0.717) is 11.8 Å². The molecule has 3 N–H and O–H groups in total. The topological polar surface area (TPSA) is 75.5 Å². The summed E-state index contributed by atoms with van der Waals surface area (Å²) in [5, 5.41) is 8.71. The number of hydrogen-bond acceptors (Lipinski definition) is 5. The number of hydrogen-bond donors (Lipinski definition) is 2. The van der Waals surface area contributed by atoms with E-state index < -0.39 is 6.04 Å². The molecule has 1 unspecified atom stereocenters. The molecule has 12 heavy (non-hydrogen) atoms. The second-order valence-electron chi connectivity index (χ2n) is 2.73. The molecule has 0 saturated carbocycles. The minimum atomic E-state index is -0.480. The Morgan fingerprint density at radius 2 is 2.42 bits per heavy atom. The Kier molecular flexibility index (Phi) is 2.67. The number of nitrogens with zero attached hydrogens (tertiary/aromatic N) is 2. The van der Waals surface area contributed by atoms with Crippen molar-refractivity contribution >= 4 is 6.01 Å². The third-order valence-corrected chi connectivity index (χ3v) is 1.46. The zero-order valence-electron chi connectivity index (χ0n) is 7.19. The maximum Gasteiger partial charge on any atom is 0.296 e. The largest absolute Gasteiger partial charge is 0.427 e. The van der Waals surface area contributed by atoms with Crippen LogP contribution in [0.2, 0.25) is 0 Å². The number of nitrogens with two attached hydrogens (primary N) is 1. The standard InChI is InChI=1S/C7H13N3O2/c1-10(2)7-9-3-6(12-7)5(8)4-11/h3,5,11H,4,8H2,1-2H3. The molecule has 0 aliphatic carbocycles. The molecule has 1 aromatic rings. The lowest BCUT2D eigenvalue weighted by Crippen LogP contribution is -2.13. The molecule has 5 heteroatoms. The highest BCUT2D eigenvalue weighted by Gasteiger charge is 2.11. The van der Waals surface area contributed by atoms with Crippen LogP contribution in [0.1, 0.15) is 11.8 Å². The Morgan fingerprint density at radius 1 is 1.75 bits per heavy atom. The predicted molar refractivity (Wildman–Crippen MR) is 44.8 cm³/mol. The summed E-state index contributed by atoms with van der Waals surface area (Å²) in [6.45, 7) is -0.137. The van der Waals surface area contributed by atoms with Crippen LogP contribution in [0.4, 0.5) is 6.01 Å². The molecule has 0 aromatic carbocycles. The lowest BCUT2D eigenvalue weighted by molar-refractivity contribution is 0.252. The number of rotatable bonds is 3. The summed E-state index contributed by atoms with van der Waals surface area (Å²) >= 11 is 0. The van der Waals surface area contributed by atoms with Crippen LogP contribution in [0.15, 0.2) is 10.6 Å². The number of aliphatic hydroxyl groups excluding tert-OH is 1. The van der Waals surface area contributed by atoms with E-state index in [1.807, 2.05) is 14.1 Å². The molecule has 0 bridgehead atoms. The van der Waals surface area contributed by atoms with E-state index in [2.05, 4.69) is 4.98 Å². The minimum absolute atomic E-state index is 0.137. The van der Waals surface area contributed by atoms with E-state index in [1.165, 1.54) is 6.20 Å². The van der Waals surface area contributed by atoms with E-state index in [9.17, 15) is 0 Å². The quantitative estimate of drug-likeness (QED) is 0.655. The van der Waals surface area contributed by atoms with Gasteiger partial charge in [-0.05, 0) is 0 Å². The van der Waals surface area contributed by atoms with E-state index >= 15 is 0 Å². The fourth-order valence-electron chi connectivity index (χ4n) is 0.745. The van der Waals surface area contributed by atoms with Gasteiger partial charge in [0, 0.05) is 14.1 Å². The fourth-order valence-corrected chi connectivity index (χ4v) is 0.745. The van der Waals surface area contributed by atoms with Crippen molar-refractivity contribution in [3.63, 3.8) is 0 Å². The molecule has 1 rings (SSSR count). The number of aromatic nitrogens is 1. The Morgan fingerprint density at radius 3 is 2.83 bits per heavy atom. The molecule has 0 spiro atoms. The highest BCUT2D eigenvalue weighted by Crippen LogP contribution is 2.16. The van der Waals surface area contributed by atoms with Gasteiger partial charge in [-0.1, -0.05) is 0 Å². The summed E-state index contributed by atoms with van der Waals surface area (Å²) < 4.78 is 5.23. The second-order valence-corrected chi connectivity index (χ2v) is 2.73. The molecule has 1 atom stereocenters. The third-order valence-electron chi connectivity index (χ3n) is 1.46. The molecule has 0 saturated heterocycles. The van der Waals surface area contributed by atoms with Crippen molar-refractivity contribution < 1.29 is 9.52 Å². The van der Waals surface area contributed by atoms with Gasteiger partial charge in [0.2, 0.25) is 0 Å². The minimum Gasteiger partial charge on any atom is -0.427 e. The zero-order chi connectivity index (χ0) is 9.14. The summed E-state index contributed by atoms with van der Waals surface area (Å²) in [5.74, 6) is 0.501. The summed E-state index contributed by atoms with van der Waals surface area (Å²) in [5.41, 5.74) is 5.51. The van der Waals surface area contributed by atoms with Crippen molar-refractivity contribution in [2.75, 3.05) is 25.6 Å². The van der Waals surface area contributed by atoms with Crippen molar-refractivity contribution in [3.05, 3.63) is 12.0 Å². The molecular formula is C7H13N3O2. The lowest BCUT2D eigenvalue weighted by atomic mass is 10.3. The zero-order valence-corrected chi connectivity index (χ0v) is 7.19. The number of anilines is 1. The van der Waals surface area contributed by atoms with Crippen LogP contribution < -0.4 is 10.6 Å². The van der Waals surface area contributed by atoms with Crippen LogP contribution in [0.5, 0.6) is 0 Å². The Bertz CT molecular complexity index is 247. The predicted octanol–water partition coefficient (Wildman–Crippen LogP) is -0.267. The molecule has 68 valence electrons. The second kappa shape index (κ2) is 3.55. The first-order valence-electron chi connectivity index (χ1n) is 3.64. The van der Waals surface area contributed by atoms with Crippen molar-refractivity contribution in [3.8, 4) is 0 Å². The molecule has 0 fully saturated rings. The SMILES string of the molecule is CN(C)c1ncc(C(N)CO)o1. The van der Waals surface area contributed by atoms with Gasteiger partial charge < -0.3 is 20.2 Å². The first-order valence-corrected chi connectivity index (χ1v) is 3.64. The number of oxazole rings is 1. The van der Waals surface area contributed by atoms with Gasteiger partial charge in [-0.2, -0.15) is 0 Å². The Hall–Kier alpha value is -1.07. The monoisotopic (exact) mass is 171 g/mol. The maximum atomic E-state index is 8.71. The van der Waals surface area contributed by atoms with Gasteiger partial charge in [-0.15, -0.1) is 0 Å². The van der Waals surface area contributed by atoms with E-state index in [0.717, 1.165) is 0 Å². The van der Waals surface area contributed by atoms with Crippen molar-refractivity contribution in [1.82, 2.24) is 4.98 Å². The number of aliphatic hydroxyl groups is 1. The van der Waals surface area contributed by atoms with Crippen LogP contribution in [0.3, 0.4) is 0 Å². The highest BCUT2D eigenvalue weighted by atomic mass is 16.4. The van der Waals surface area contributed by atoms with Crippen molar-refractivity contribution in [2.45, 2.75) is 6.04 Å². The maximum absolute atomic E-state index is 8.71. The molecule has 1 heterocycles. The molecule has 1 aromatic heterocycles. The van der Waals surface area contributed by atoms with E-state index in [1.54, 1.807) is 4.90 Å². The van der Waals surface area contributed by atoms with Gasteiger partial charge in [0.1, 0.15) is 5.76 Å². The van der Waals surface area contributed by atoms with Gasteiger partial charge >= 0.3 is 0 Å². The van der Waals surface area contributed by atoms with Gasteiger partial charge in [-0.3, -0.25) is 0 Å². The normalized spacial score (nSPS) is 13.0. The van der Waals surface area contributed by atoms with Crippen LogP contribution in [0, 0.1) is 0 Å². The van der Waals surface area contributed by atoms with Gasteiger partial charge in [0.15, 0.2) is 0 Å². The van der Waals surface area contributed by atoms with Crippen molar-refractivity contribution in [2.24, 2.45) is 5.73 Å². The molecule has 0 radical (unpaired) electrons. The summed E-state index contributed by atoms with van der Waals surface area (Å²) in [6, 6.07) is 0.0140. The summed E-state index contributed by atoms with van der Waals surface area (Å²) in [7, 11) is 3.64. The molecule has 0 amide bonds. The van der Waals surface area contributed by atoms with Crippen LogP contribution in [-0.4, -0.2) is 30.8 Å². The van der Waals surface area contributed by atoms with Crippen molar-refractivity contribution in [1.29, 1.82) is 0 Å². The first kappa shape index (κ1) is 9.02. The molecule has 5 nitrogen and oxygen atoms in total. The molecule has 0 aliphatic rings. The smallest absolute Gasteiger partial charge is 0.296 e. The fraction of sp³-hybridized carbons (Fsp3) is 0.571. The average molecular weight is 171 g/mol. The van der Waals surface area contributed by atoms with Gasteiger partial charge in [0.05, 0.1) is 18.8 Å². The van der Waals surface area contributed by atoms with Crippen LogP contribution >= 0.6 is 0 Å². The van der Waals surface area contributed by atoms with E-state index in [4.69, 9.17) is 15.3 Å². The van der Waals surface area contributed by atoms with Gasteiger partial charge in [0.25, 0.3) is 6.01 Å². The van der Waals surface area contributed by atoms with Crippen LogP contribution in [0.25, 0.3) is 0 Å². The van der Waals surface area contributed by atoms with E-state index in [-0.39, 0.29) is 6.61 Å². The first-order chi connectivity index (χ1) is 5.65.